The van der Waals surface area contributed by atoms with E-state index in [1.165, 1.54) is 6.92 Å². The minimum Gasteiger partial charge on any atom is -0.480 e. The number of carbonyl (C=O) groups is 1. The van der Waals surface area contributed by atoms with Crippen molar-refractivity contribution in [1.29, 1.82) is 0 Å². The molecule has 0 aliphatic rings. The lowest BCUT2D eigenvalue weighted by atomic mass is 10.2. The number of rotatable bonds is 2. The van der Waals surface area contributed by atoms with E-state index in [-0.39, 0.29) is 8.41 Å². The van der Waals surface area contributed by atoms with Crippen LogP contribution in [-0.4, -0.2) is 36.7 Å². The van der Waals surface area contributed by atoms with Crippen molar-refractivity contribution in [3.63, 3.8) is 0 Å². The van der Waals surface area contributed by atoms with Crippen LogP contribution in [0.15, 0.2) is 0 Å². The predicted octanol–water partition coefficient (Wildman–Crippen LogP) is -2.40. The van der Waals surface area contributed by atoms with Gasteiger partial charge in [0.15, 0.2) is 0 Å². The summed E-state index contributed by atoms with van der Waals surface area (Å²) >= 11 is 0. The lowest BCUT2D eigenvalue weighted by Crippen LogP contribution is -2.39. The number of carboxylic acid groups (broad SMARTS) is 1. The Morgan fingerprint density at radius 1 is 1.67 bits per heavy atom. The molecule has 0 spiro atoms. The first-order chi connectivity index (χ1) is 3.55. The normalized spacial score (nSPS) is 15.4. The third kappa shape index (κ3) is 3.99. The van der Waals surface area contributed by atoms with E-state index in [0.717, 1.165) is 0 Å². The van der Waals surface area contributed by atoms with E-state index < -0.39 is 18.1 Å². The largest absolute Gasteiger partial charge is 0.480 e. The molecule has 2 unspecified atom stereocenters. The van der Waals surface area contributed by atoms with Crippen LogP contribution in [0.4, 0.5) is 0 Å². The van der Waals surface area contributed by atoms with Gasteiger partial charge in [-0.05, 0) is 6.92 Å². The molecule has 5 heteroatoms. The molecule has 0 aromatic rings. The molecule has 0 bridgehead atoms. The van der Waals surface area contributed by atoms with Gasteiger partial charge in [-0.2, -0.15) is 0 Å². The second kappa shape index (κ2) is 4.35. The number of carboxylic acids is 1. The molecule has 0 aliphatic heterocycles. The van der Waals surface area contributed by atoms with Crippen molar-refractivity contribution in [2.45, 2.75) is 19.1 Å². The summed E-state index contributed by atoms with van der Waals surface area (Å²) in [4.78, 5) is 9.86. The van der Waals surface area contributed by atoms with Crippen molar-refractivity contribution in [3.8, 4) is 0 Å². The van der Waals surface area contributed by atoms with E-state index in [0.29, 0.717) is 0 Å². The third-order valence-corrected chi connectivity index (χ3v) is 0.805. The Balaban J connectivity index is 0. The van der Waals surface area contributed by atoms with Crippen molar-refractivity contribution < 1.29 is 15.0 Å². The summed E-state index contributed by atoms with van der Waals surface area (Å²) in [6.07, 6.45) is -0.979. The topological polar surface area (TPSA) is 83.5 Å². The maximum Gasteiger partial charge on any atom is 0.323 e. The van der Waals surface area contributed by atoms with E-state index in [4.69, 9.17) is 15.9 Å². The molecule has 0 saturated heterocycles. The number of hydrogen-bond donors (Lipinski definition) is 3. The fraction of sp³-hybridized carbons (Fsp3) is 0.750. The van der Waals surface area contributed by atoms with Crippen molar-refractivity contribution in [1.82, 2.24) is 0 Å². The maximum absolute atomic E-state index is 9.86. The zero-order valence-corrected chi connectivity index (χ0v) is 4.53. The average molecular weight is 133 g/mol. The number of aliphatic hydroxyl groups is 1. The number of hydrogen-bond acceptors (Lipinski definition) is 3. The molecule has 0 aliphatic carbocycles. The molecular formula is C4H12BNO3. The summed E-state index contributed by atoms with van der Waals surface area (Å²) in [6.45, 7) is 1.33. The summed E-state index contributed by atoms with van der Waals surface area (Å²) in [5, 5.41) is 16.6. The van der Waals surface area contributed by atoms with Crippen LogP contribution in [0, 0.1) is 0 Å². The molecule has 2 atom stereocenters. The molecule has 0 saturated carbocycles. The molecule has 4 nitrogen and oxygen atoms in total. The van der Waals surface area contributed by atoms with Crippen molar-refractivity contribution in [2.24, 2.45) is 5.73 Å². The van der Waals surface area contributed by atoms with Crippen molar-refractivity contribution >= 4 is 14.4 Å². The van der Waals surface area contributed by atoms with Gasteiger partial charge in [-0.25, -0.2) is 0 Å². The summed E-state index contributed by atoms with van der Waals surface area (Å²) in [5.41, 5.74) is 4.91. The number of aliphatic hydroxyl groups excluding tert-OH is 1. The minimum atomic E-state index is -1.18. The van der Waals surface area contributed by atoms with E-state index in [9.17, 15) is 4.79 Å². The van der Waals surface area contributed by atoms with Crippen LogP contribution in [0.5, 0.6) is 0 Å². The van der Waals surface area contributed by atoms with Gasteiger partial charge in [0, 0.05) is 0 Å². The van der Waals surface area contributed by atoms with E-state index in [2.05, 4.69) is 0 Å². The van der Waals surface area contributed by atoms with Gasteiger partial charge in [-0.1, -0.05) is 0 Å². The Kier molecular flexibility index (Phi) is 5.44. The molecular weight excluding hydrogens is 121 g/mol. The second-order valence-corrected chi connectivity index (χ2v) is 1.60. The summed E-state index contributed by atoms with van der Waals surface area (Å²) < 4.78 is 0. The van der Waals surface area contributed by atoms with Crippen LogP contribution in [0.25, 0.3) is 0 Å². The van der Waals surface area contributed by atoms with E-state index in [1.807, 2.05) is 0 Å². The van der Waals surface area contributed by atoms with Gasteiger partial charge in [0.2, 0.25) is 0 Å². The first-order valence-corrected chi connectivity index (χ1v) is 2.22. The number of nitrogens with two attached hydrogens (primary N) is 1. The highest BCUT2D eigenvalue weighted by atomic mass is 16.4. The average Bonchev–Trinajstić information content (AvgIpc) is 1.64. The first-order valence-electron chi connectivity index (χ1n) is 2.22. The Labute approximate surface area is 55.2 Å². The highest BCUT2D eigenvalue weighted by Gasteiger charge is 2.16. The Hall–Kier alpha value is -0.545. The highest BCUT2D eigenvalue weighted by Crippen LogP contribution is 1.85. The van der Waals surface area contributed by atoms with E-state index in [1.54, 1.807) is 0 Å². The van der Waals surface area contributed by atoms with Gasteiger partial charge in [-0.3, -0.25) is 4.79 Å². The van der Waals surface area contributed by atoms with Gasteiger partial charge >= 0.3 is 5.97 Å². The van der Waals surface area contributed by atoms with Crippen molar-refractivity contribution in [3.05, 3.63) is 0 Å². The smallest absolute Gasteiger partial charge is 0.323 e. The molecule has 0 aromatic heterocycles. The van der Waals surface area contributed by atoms with Crippen LogP contribution in [0.1, 0.15) is 6.92 Å². The van der Waals surface area contributed by atoms with E-state index >= 15 is 0 Å². The van der Waals surface area contributed by atoms with Gasteiger partial charge in [-0.15, -0.1) is 0 Å². The molecule has 4 N–H and O–H groups in total. The molecule has 9 heavy (non-hydrogen) atoms. The molecule has 0 aromatic carbocycles. The quantitative estimate of drug-likeness (QED) is 0.366. The van der Waals surface area contributed by atoms with Gasteiger partial charge in [0.25, 0.3) is 0 Å². The van der Waals surface area contributed by atoms with Crippen LogP contribution in [0.3, 0.4) is 0 Å². The van der Waals surface area contributed by atoms with Crippen molar-refractivity contribution in [2.75, 3.05) is 0 Å². The summed E-state index contributed by atoms with van der Waals surface area (Å²) in [7, 11) is 0. The highest BCUT2D eigenvalue weighted by molar-refractivity contribution is 5.75. The molecule has 0 amide bonds. The maximum atomic E-state index is 9.86. The zero-order chi connectivity index (χ0) is 6.73. The lowest BCUT2D eigenvalue weighted by Gasteiger charge is -2.06. The Bertz CT molecular complexity index is 95.8. The third-order valence-electron chi connectivity index (χ3n) is 0.805. The van der Waals surface area contributed by atoms with Crippen LogP contribution in [-0.2, 0) is 4.79 Å². The van der Waals surface area contributed by atoms with Crippen LogP contribution in [0.2, 0.25) is 0 Å². The minimum absolute atomic E-state index is 0. The predicted molar refractivity (Wildman–Crippen MR) is 37.2 cm³/mol. The van der Waals surface area contributed by atoms with Crippen LogP contribution < -0.4 is 5.73 Å². The number of aliphatic carboxylic acids is 1. The molecule has 0 radical (unpaired) electrons. The molecule has 0 heterocycles. The molecule has 0 fully saturated rings. The van der Waals surface area contributed by atoms with Gasteiger partial charge in [0.1, 0.15) is 6.04 Å². The SMILES string of the molecule is B.CC(O)C(N)C(=O)O. The first kappa shape index (κ1) is 11.3. The lowest BCUT2D eigenvalue weighted by molar-refractivity contribution is -0.140. The Morgan fingerprint density at radius 3 is 2.00 bits per heavy atom. The summed E-state index contributed by atoms with van der Waals surface area (Å²) in [6, 6.07) is -1.16. The fourth-order valence-corrected chi connectivity index (χ4v) is 0.206. The fourth-order valence-electron chi connectivity index (χ4n) is 0.206. The molecule has 54 valence electrons. The molecule has 0 rings (SSSR count). The Morgan fingerprint density at radius 2 is 2.00 bits per heavy atom. The zero-order valence-electron chi connectivity index (χ0n) is 4.53. The van der Waals surface area contributed by atoms with Gasteiger partial charge in [0.05, 0.1) is 14.5 Å². The monoisotopic (exact) mass is 133 g/mol. The van der Waals surface area contributed by atoms with Crippen LogP contribution >= 0.6 is 0 Å². The summed E-state index contributed by atoms with van der Waals surface area (Å²) in [5.74, 6) is -1.18. The second-order valence-electron chi connectivity index (χ2n) is 1.60. The van der Waals surface area contributed by atoms with Gasteiger partial charge < -0.3 is 15.9 Å². The standard InChI is InChI=1S/C4H9NO3.BH3/c1-2(6)3(5)4(7)8;/h2-3,6H,5H2,1H3,(H,7,8);1H3.